The van der Waals surface area contributed by atoms with Gasteiger partial charge in [0, 0.05) is 0 Å². The predicted molar refractivity (Wildman–Crippen MR) is 92.0 cm³/mol. The third-order valence-corrected chi connectivity index (χ3v) is 3.22. The smallest absolute Gasteiger partial charge is 0.189 e. The van der Waals surface area contributed by atoms with Gasteiger partial charge in [-0.15, -0.1) is 0 Å². The number of methoxy groups -OCH3 is 1. The lowest BCUT2D eigenvalue weighted by Crippen LogP contribution is -1.98. The Morgan fingerprint density at radius 3 is 2.41 bits per heavy atom. The first kappa shape index (κ1) is 15.5. The topological polar surface area (TPSA) is 26.3 Å². The van der Waals surface area contributed by atoms with E-state index in [1.165, 1.54) is 6.08 Å². The van der Waals surface area contributed by atoms with Gasteiger partial charge >= 0.3 is 0 Å². The molecule has 0 aliphatic rings. The van der Waals surface area contributed by atoms with Gasteiger partial charge in [-0.05, 0) is 29.3 Å². The van der Waals surface area contributed by atoms with Crippen molar-refractivity contribution >= 4 is 17.9 Å². The summed E-state index contributed by atoms with van der Waals surface area (Å²) in [5, 5.41) is 0. The van der Waals surface area contributed by atoms with E-state index in [0.717, 1.165) is 11.1 Å². The number of hydrogen-bond donors (Lipinski definition) is 0. The molecule has 0 N–H and O–H groups in total. The number of carbonyl (C=O) groups is 1. The SMILES string of the molecule is C=Cc1ccccc1/C=C/C=C/C(=O)c1ccccc1OC. The molecule has 0 aromatic heterocycles. The van der Waals surface area contributed by atoms with Crippen molar-refractivity contribution in [2.45, 2.75) is 0 Å². The number of para-hydroxylation sites is 1. The van der Waals surface area contributed by atoms with Crippen molar-refractivity contribution in [2.24, 2.45) is 0 Å². The Labute approximate surface area is 131 Å². The normalized spacial score (nSPS) is 11.0. The van der Waals surface area contributed by atoms with Gasteiger partial charge in [-0.3, -0.25) is 4.79 Å². The van der Waals surface area contributed by atoms with E-state index in [1.807, 2.05) is 54.6 Å². The molecule has 0 atom stereocenters. The Kier molecular flexibility index (Phi) is 5.50. The minimum atomic E-state index is -0.0842. The molecule has 0 bridgehead atoms. The van der Waals surface area contributed by atoms with Crippen molar-refractivity contribution in [1.82, 2.24) is 0 Å². The lowest BCUT2D eigenvalue weighted by molar-refractivity contribution is 0.104. The molecule has 0 saturated carbocycles. The Morgan fingerprint density at radius 2 is 1.68 bits per heavy atom. The van der Waals surface area contributed by atoms with Gasteiger partial charge < -0.3 is 4.74 Å². The maximum Gasteiger partial charge on any atom is 0.189 e. The summed E-state index contributed by atoms with van der Waals surface area (Å²) in [5.74, 6) is 0.497. The molecule has 0 spiro atoms. The highest BCUT2D eigenvalue weighted by Gasteiger charge is 2.07. The van der Waals surface area contributed by atoms with Crippen molar-refractivity contribution in [3.8, 4) is 5.75 Å². The summed E-state index contributed by atoms with van der Waals surface area (Å²) < 4.78 is 5.19. The van der Waals surface area contributed by atoms with Gasteiger partial charge in [0.05, 0.1) is 12.7 Å². The number of hydrogen-bond acceptors (Lipinski definition) is 2. The largest absolute Gasteiger partial charge is 0.496 e. The Balaban J connectivity index is 2.10. The van der Waals surface area contributed by atoms with E-state index < -0.39 is 0 Å². The second kappa shape index (κ2) is 7.79. The van der Waals surface area contributed by atoms with Crippen LogP contribution in [-0.2, 0) is 0 Å². The number of benzene rings is 2. The van der Waals surface area contributed by atoms with Crippen molar-refractivity contribution in [1.29, 1.82) is 0 Å². The minimum Gasteiger partial charge on any atom is -0.496 e. The third-order valence-electron chi connectivity index (χ3n) is 3.22. The molecule has 2 aromatic carbocycles. The zero-order valence-corrected chi connectivity index (χ0v) is 12.5. The first-order valence-corrected chi connectivity index (χ1v) is 7.00. The quantitative estimate of drug-likeness (QED) is 0.434. The average molecular weight is 290 g/mol. The Bertz CT molecular complexity index is 724. The van der Waals surface area contributed by atoms with Crippen LogP contribution in [0.2, 0.25) is 0 Å². The van der Waals surface area contributed by atoms with Crippen molar-refractivity contribution in [3.63, 3.8) is 0 Å². The van der Waals surface area contributed by atoms with E-state index >= 15 is 0 Å². The average Bonchev–Trinajstić information content (AvgIpc) is 2.58. The molecule has 0 heterocycles. The summed E-state index contributed by atoms with van der Waals surface area (Å²) in [5.41, 5.74) is 2.68. The van der Waals surface area contributed by atoms with E-state index in [1.54, 1.807) is 25.3 Å². The van der Waals surface area contributed by atoms with Crippen LogP contribution in [0.3, 0.4) is 0 Å². The highest BCUT2D eigenvalue weighted by Crippen LogP contribution is 2.18. The molecule has 2 heteroatoms. The lowest BCUT2D eigenvalue weighted by atomic mass is 10.1. The van der Waals surface area contributed by atoms with E-state index in [9.17, 15) is 4.79 Å². The van der Waals surface area contributed by atoms with Gasteiger partial charge in [0.15, 0.2) is 5.78 Å². The summed E-state index contributed by atoms with van der Waals surface area (Å²) in [6, 6.07) is 15.1. The van der Waals surface area contributed by atoms with Crippen LogP contribution < -0.4 is 4.74 Å². The molecule has 0 amide bonds. The van der Waals surface area contributed by atoms with Crippen LogP contribution in [0.5, 0.6) is 5.75 Å². The van der Waals surface area contributed by atoms with E-state index in [4.69, 9.17) is 4.74 Å². The van der Waals surface area contributed by atoms with E-state index in [0.29, 0.717) is 11.3 Å². The molecule has 0 aliphatic heterocycles. The summed E-state index contributed by atoms with van der Waals surface area (Å²) >= 11 is 0. The fourth-order valence-electron chi connectivity index (χ4n) is 2.09. The minimum absolute atomic E-state index is 0.0842. The molecule has 2 aromatic rings. The van der Waals surface area contributed by atoms with Crippen LogP contribution in [0.1, 0.15) is 21.5 Å². The molecule has 110 valence electrons. The molecule has 2 nitrogen and oxygen atoms in total. The second-order valence-corrected chi connectivity index (χ2v) is 4.62. The van der Waals surface area contributed by atoms with Crippen LogP contribution in [0.15, 0.2) is 73.3 Å². The highest BCUT2D eigenvalue weighted by molar-refractivity contribution is 6.06. The molecule has 0 fully saturated rings. The molecular weight excluding hydrogens is 272 g/mol. The fraction of sp³-hybridized carbons (Fsp3) is 0.0500. The van der Waals surface area contributed by atoms with Gasteiger partial charge in [0.2, 0.25) is 0 Å². The van der Waals surface area contributed by atoms with Crippen LogP contribution in [-0.4, -0.2) is 12.9 Å². The van der Waals surface area contributed by atoms with Crippen LogP contribution in [0, 0.1) is 0 Å². The summed E-state index contributed by atoms with van der Waals surface area (Å²) in [6.07, 6.45) is 8.86. The fourth-order valence-corrected chi connectivity index (χ4v) is 2.09. The zero-order valence-electron chi connectivity index (χ0n) is 12.5. The number of carbonyl (C=O) groups excluding carboxylic acids is 1. The molecule has 0 saturated heterocycles. The number of rotatable bonds is 6. The zero-order chi connectivity index (χ0) is 15.8. The molecule has 2 rings (SSSR count). The molecular formula is C20H18O2. The molecule has 0 aliphatic carbocycles. The van der Waals surface area contributed by atoms with E-state index in [-0.39, 0.29) is 5.78 Å². The maximum atomic E-state index is 12.1. The van der Waals surface area contributed by atoms with Gasteiger partial charge in [0.1, 0.15) is 5.75 Å². The van der Waals surface area contributed by atoms with Crippen LogP contribution >= 0.6 is 0 Å². The maximum absolute atomic E-state index is 12.1. The van der Waals surface area contributed by atoms with Gasteiger partial charge in [0.25, 0.3) is 0 Å². The Hall–Kier alpha value is -2.87. The summed E-state index contributed by atoms with van der Waals surface area (Å²) in [6.45, 7) is 3.79. The standard InChI is InChI=1S/C20H18O2/c1-3-16-10-4-5-11-17(16)12-6-8-14-19(21)18-13-7-9-15-20(18)22-2/h3-15H,1H2,2H3/b12-6+,14-8+. The first-order chi connectivity index (χ1) is 10.8. The van der Waals surface area contributed by atoms with Gasteiger partial charge in [-0.2, -0.15) is 0 Å². The summed E-state index contributed by atoms with van der Waals surface area (Å²) in [7, 11) is 1.56. The number of ether oxygens (including phenoxy) is 1. The molecule has 0 unspecified atom stereocenters. The van der Waals surface area contributed by atoms with E-state index in [2.05, 4.69) is 6.58 Å². The van der Waals surface area contributed by atoms with Crippen molar-refractivity contribution in [2.75, 3.05) is 7.11 Å². The highest BCUT2D eigenvalue weighted by atomic mass is 16.5. The molecule has 0 radical (unpaired) electrons. The third kappa shape index (κ3) is 3.83. The number of allylic oxidation sites excluding steroid dienone is 3. The monoisotopic (exact) mass is 290 g/mol. The first-order valence-electron chi connectivity index (χ1n) is 7.00. The van der Waals surface area contributed by atoms with Gasteiger partial charge in [-0.1, -0.05) is 67.3 Å². The predicted octanol–water partition coefficient (Wildman–Crippen LogP) is 4.79. The van der Waals surface area contributed by atoms with Crippen molar-refractivity contribution in [3.05, 3.63) is 90.0 Å². The Morgan fingerprint density at radius 1 is 1.00 bits per heavy atom. The lowest BCUT2D eigenvalue weighted by Gasteiger charge is -2.03. The summed E-state index contributed by atoms with van der Waals surface area (Å²) in [4.78, 5) is 12.1. The second-order valence-electron chi connectivity index (χ2n) is 4.62. The van der Waals surface area contributed by atoms with Crippen LogP contribution in [0.25, 0.3) is 12.2 Å². The van der Waals surface area contributed by atoms with Crippen LogP contribution in [0.4, 0.5) is 0 Å². The van der Waals surface area contributed by atoms with Gasteiger partial charge in [-0.25, -0.2) is 0 Å². The molecule has 22 heavy (non-hydrogen) atoms. The van der Waals surface area contributed by atoms with Crippen molar-refractivity contribution < 1.29 is 9.53 Å². The number of ketones is 1.